The molecule has 0 aromatic heterocycles. The summed E-state index contributed by atoms with van der Waals surface area (Å²) >= 11 is 0. The Hall–Kier alpha value is -2.36. The van der Waals surface area contributed by atoms with Gasteiger partial charge in [-0.1, -0.05) is 24.3 Å². The third kappa shape index (κ3) is 1.76. The average molecular weight is 294 g/mol. The molecule has 0 radical (unpaired) electrons. The number of carbonyl (C=O) groups is 2. The zero-order valence-electron chi connectivity index (χ0n) is 12.6. The Labute approximate surface area is 129 Å². The maximum atomic E-state index is 12.8. The second-order valence-electron chi connectivity index (χ2n) is 6.06. The predicted molar refractivity (Wildman–Crippen MR) is 86.0 cm³/mol. The third-order valence-corrected chi connectivity index (χ3v) is 4.75. The molecule has 2 aromatic rings. The van der Waals surface area contributed by atoms with Crippen molar-refractivity contribution in [3.05, 3.63) is 42.0 Å². The summed E-state index contributed by atoms with van der Waals surface area (Å²) in [7, 11) is 0. The first kappa shape index (κ1) is 13.3. The Morgan fingerprint density at radius 3 is 2.50 bits per heavy atom. The van der Waals surface area contributed by atoms with Gasteiger partial charge in [0.05, 0.1) is 5.69 Å². The zero-order valence-corrected chi connectivity index (χ0v) is 12.6. The molecular weight excluding hydrogens is 276 g/mol. The summed E-state index contributed by atoms with van der Waals surface area (Å²) in [5, 5.41) is 2.02. The average Bonchev–Trinajstić information content (AvgIpc) is 3.16. The number of rotatable bonds is 2. The SMILES string of the molecule is C[C@@H](C(=O)N1CCCC1)N1C(=O)c2cccc3cccc1c23. The summed E-state index contributed by atoms with van der Waals surface area (Å²) in [6, 6.07) is 11.2. The monoisotopic (exact) mass is 294 g/mol. The Morgan fingerprint density at radius 1 is 1.09 bits per heavy atom. The fourth-order valence-corrected chi connectivity index (χ4v) is 3.64. The summed E-state index contributed by atoms with van der Waals surface area (Å²) in [5.41, 5.74) is 1.56. The number of likely N-dealkylation sites (tertiary alicyclic amines) is 1. The lowest BCUT2D eigenvalue weighted by atomic mass is 10.1. The number of hydrogen-bond donors (Lipinski definition) is 0. The van der Waals surface area contributed by atoms with Gasteiger partial charge >= 0.3 is 0 Å². The first-order valence-corrected chi connectivity index (χ1v) is 7.82. The van der Waals surface area contributed by atoms with Crippen molar-refractivity contribution in [2.75, 3.05) is 18.0 Å². The lowest BCUT2D eigenvalue weighted by molar-refractivity contribution is -0.131. The maximum absolute atomic E-state index is 12.8. The number of nitrogens with zero attached hydrogens (tertiary/aromatic N) is 2. The van der Waals surface area contributed by atoms with Crippen LogP contribution in [0, 0.1) is 0 Å². The standard InChI is InChI=1S/C18H18N2O2/c1-12(17(21)19-10-2-3-11-19)20-15-9-5-7-13-6-4-8-14(16(13)15)18(20)22/h4-9,12H,2-3,10-11H2,1H3/t12-/m0/s1. The van der Waals surface area contributed by atoms with Crippen molar-refractivity contribution in [3.8, 4) is 0 Å². The molecule has 0 unspecified atom stereocenters. The normalized spacial score (nSPS) is 18.3. The van der Waals surface area contributed by atoms with Gasteiger partial charge in [-0.05, 0) is 37.3 Å². The number of amides is 2. The summed E-state index contributed by atoms with van der Waals surface area (Å²) in [6.45, 7) is 3.45. The first-order valence-electron chi connectivity index (χ1n) is 7.82. The van der Waals surface area contributed by atoms with Crippen LogP contribution in [0.15, 0.2) is 36.4 Å². The summed E-state index contributed by atoms with van der Waals surface area (Å²) in [4.78, 5) is 29.0. The Kier molecular flexibility index (Phi) is 2.93. The molecule has 2 heterocycles. The molecule has 1 saturated heterocycles. The molecule has 4 nitrogen and oxygen atoms in total. The van der Waals surface area contributed by atoms with Crippen LogP contribution in [-0.4, -0.2) is 35.8 Å². The van der Waals surface area contributed by atoms with E-state index in [0.717, 1.165) is 42.4 Å². The highest BCUT2D eigenvalue weighted by molar-refractivity contribution is 6.26. The molecule has 2 amide bonds. The molecule has 4 heteroatoms. The first-order chi connectivity index (χ1) is 10.7. The van der Waals surface area contributed by atoms with Crippen molar-refractivity contribution in [1.29, 1.82) is 0 Å². The van der Waals surface area contributed by atoms with E-state index in [0.29, 0.717) is 5.56 Å². The van der Waals surface area contributed by atoms with E-state index in [-0.39, 0.29) is 11.8 Å². The van der Waals surface area contributed by atoms with E-state index < -0.39 is 6.04 Å². The summed E-state index contributed by atoms with van der Waals surface area (Å²) < 4.78 is 0. The summed E-state index contributed by atoms with van der Waals surface area (Å²) in [6.07, 6.45) is 2.12. The Morgan fingerprint density at radius 2 is 1.77 bits per heavy atom. The van der Waals surface area contributed by atoms with Crippen LogP contribution in [-0.2, 0) is 4.79 Å². The molecule has 0 spiro atoms. The smallest absolute Gasteiger partial charge is 0.259 e. The van der Waals surface area contributed by atoms with E-state index in [4.69, 9.17) is 0 Å². The highest BCUT2D eigenvalue weighted by Gasteiger charge is 2.37. The van der Waals surface area contributed by atoms with Crippen molar-refractivity contribution in [2.24, 2.45) is 0 Å². The van der Waals surface area contributed by atoms with E-state index in [2.05, 4.69) is 0 Å². The molecule has 2 aliphatic rings. The molecule has 0 aliphatic carbocycles. The summed E-state index contributed by atoms with van der Waals surface area (Å²) in [5.74, 6) is -0.0116. The lowest BCUT2D eigenvalue weighted by Crippen LogP contribution is -2.47. The van der Waals surface area contributed by atoms with Gasteiger partial charge in [-0.25, -0.2) is 0 Å². The van der Waals surface area contributed by atoms with Gasteiger partial charge in [0.25, 0.3) is 5.91 Å². The number of anilines is 1. The molecule has 2 aromatic carbocycles. The van der Waals surface area contributed by atoms with E-state index in [1.54, 1.807) is 4.90 Å². The predicted octanol–water partition coefficient (Wildman–Crippen LogP) is 2.81. The molecule has 0 N–H and O–H groups in total. The van der Waals surface area contributed by atoms with Crippen molar-refractivity contribution < 1.29 is 9.59 Å². The van der Waals surface area contributed by atoms with Gasteiger partial charge in [-0.2, -0.15) is 0 Å². The van der Waals surface area contributed by atoms with E-state index in [1.165, 1.54) is 0 Å². The molecular formula is C18H18N2O2. The fraction of sp³-hybridized carbons (Fsp3) is 0.333. The minimum absolute atomic E-state index is 0.0515. The van der Waals surface area contributed by atoms with Gasteiger partial charge < -0.3 is 4.90 Å². The number of carbonyl (C=O) groups excluding carboxylic acids is 2. The largest absolute Gasteiger partial charge is 0.341 e. The maximum Gasteiger partial charge on any atom is 0.259 e. The van der Waals surface area contributed by atoms with Gasteiger partial charge in [0.2, 0.25) is 5.91 Å². The van der Waals surface area contributed by atoms with Gasteiger partial charge in [0.15, 0.2) is 0 Å². The van der Waals surface area contributed by atoms with E-state index >= 15 is 0 Å². The molecule has 4 rings (SSSR count). The van der Waals surface area contributed by atoms with Crippen LogP contribution in [0.4, 0.5) is 5.69 Å². The second kappa shape index (κ2) is 4.83. The van der Waals surface area contributed by atoms with Crippen LogP contribution in [0.1, 0.15) is 30.1 Å². The van der Waals surface area contributed by atoms with E-state index in [1.807, 2.05) is 48.2 Å². The molecule has 112 valence electrons. The molecule has 1 atom stereocenters. The number of benzene rings is 2. The minimum atomic E-state index is -0.455. The van der Waals surface area contributed by atoms with Crippen molar-refractivity contribution in [2.45, 2.75) is 25.8 Å². The second-order valence-corrected chi connectivity index (χ2v) is 6.06. The molecule has 2 aliphatic heterocycles. The Balaban J connectivity index is 1.76. The minimum Gasteiger partial charge on any atom is -0.341 e. The highest BCUT2D eigenvalue weighted by atomic mass is 16.2. The molecule has 0 saturated carbocycles. The van der Waals surface area contributed by atoms with Crippen LogP contribution in [0.25, 0.3) is 10.8 Å². The number of hydrogen-bond acceptors (Lipinski definition) is 2. The van der Waals surface area contributed by atoms with Gasteiger partial charge in [-0.3, -0.25) is 14.5 Å². The molecule has 1 fully saturated rings. The van der Waals surface area contributed by atoms with Gasteiger partial charge in [0, 0.05) is 24.0 Å². The van der Waals surface area contributed by atoms with Crippen LogP contribution < -0.4 is 4.90 Å². The third-order valence-electron chi connectivity index (χ3n) is 4.75. The van der Waals surface area contributed by atoms with Crippen LogP contribution >= 0.6 is 0 Å². The van der Waals surface area contributed by atoms with Gasteiger partial charge in [-0.15, -0.1) is 0 Å². The molecule has 0 bridgehead atoms. The van der Waals surface area contributed by atoms with Crippen LogP contribution in [0.2, 0.25) is 0 Å². The van der Waals surface area contributed by atoms with E-state index in [9.17, 15) is 9.59 Å². The topological polar surface area (TPSA) is 40.6 Å². The van der Waals surface area contributed by atoms with Crippen molar-refractivity contribution in [3.63, 3.8) is 0 Å². The van der Waals surface area contributed by atoms with Crippen LogP contribution in [0.3, 0.4) is 0 Å². The van der Waals surface area contributed by atoms with Crippen molar-refractivity contribution >= 4 is 28.3 Å². The Bertz CT molecular complexity index is 773. The zero-order chi connectivity index (χ0) is 15.3. The lowest BCUT2D eigenvalue weighted by Gasteiger charge is -2.28. The van der Waals surface area contributed by atoms with Crippen LogP contribution in [0.5, 0.6) is 0 Å². The highest BCUT2D eigenvalue weighted by Crippen LogP contribution is 2.38. The molecule has 22 heavy (non-hydrogen) atoms. The van der Waals surface area contributed by atoms with Crippen molar-refractivity contribution in [1.82, 2.24) is 4.90 Å². The fourth-order valence-electron chi connectivity index (χ4n) is 3.64. The van der Waals surface area contributed by atoms with Gasteiger partial charge in [0.1, 0.15) is 6.04 Å². The quantitative estimate of drug-likeness (QED) is 0.854.